The molecule has 2 saturated carbocycles. The summed E-state index contributed by atoms with van der Waals surface area (Å²) in [7, 11) is 0. The van der Waals surface area contributed by atoms with Gasteiger partial charge in [-0.1, -0.05) is 6.58 Å². The zero-order valence-corrected chi connectivity index (χ0v) is 10.5. The van der Waals surface area contributed by atoms with E-state index in [-0.39, 0.29) is 23.9 Å². The lowest BCUT2D eigenvalue weighted by Crippen LogP contribution is -2.33. The number of hydrogen-bond donors (Lipinski definition) is 1. The fraction of sp³-hybridized carbons (Fsp3) is 0.643. The minimum absolute atomic E-state index is 0.00958. The van der Waals surface area contributed by atoms with Crippen LogP contribution in [-0.4, -0.2) is 30.9 Å². The summed E-state index contributed by atoms with van der Waals surface area (Å²) in [5, 5.41) is 3.22. The molecule has 3 rings (SSSR count). The third-order valence-electron chi connectivity index (χ3n) is 4.02. The van der Waals surface area contributed by atoms with Gasteiger partial charge < -0.3 is 10.1 Å². The molecule has 2 bridgehead atoms. The zero-order chi connectivity index (χ0) is 13.2. The van der Waals surface area contributed by atoms with Crippen LogP contribution in [-0.2, 0) is 14.4 Å². The van der Waals surface area contributed by atoms with Crippen molar-refractivity contribution in [3.05, 3.63) is 12.2 Å². The van der Waals surface area contributed by atoms with Crippen molar-refractivity contribution in [1.82, 2.24) is 5.32 Å². The molecule has 0 aromatic carbocycles. The number of carbonyl (C=O) groups excluding carboxylic acids is 3. The molecule has 1 saturated heterocycles. The number of Topliss-reactive ketones (excluding diaryl/α,β-unsaturated/α-hetero) is 2. The highest BCUT2D eigenvalue weighted by atomic mass is 16.2. The standard InChI is InChI=1S/C10H10O3.C4H9N/c1-6-7-2-8(12)4-10(3-7,5-11)9(6)13;1-2-4-5-3-1/h5,7H,1-4H2;5H,1-4H2. The molecule has 0 aromatic rings. The van der Waals surface area contributed by atoms with E-state index in [1.165, 1.54) is 25.9 Å². The summed E-state index contributed by atoms with van der Waals surface area (Å²) in [5.74, 6) is -0.271. The summed E-state index contributed by atoms with van der Waals surface area (Å²) in [4.78, 5) is 33.7. The molecule has 1 heterocycles. The van der Waals surface area contributed by atoms with E-state index in [4.69, 9.17) is 0 Å². The van der Waals surface area contributed by atoms with Crippen molar-refractivity contribution in [2.24, 2.45) is 11.3 Å². The maximum Gasteiger partial charge on any atom is 0.172 e. The number of ketones is 2. The molecule has 0 aromatic heterocycles. The Morgan fingerprint density at radius 3 is 2.44 bits per heavy atom. The second-order valence-electron chi connectivity index (χ2n) is 5.41. The molecule has 1 aliphatic heterocycles. The number of aldehydes is 1. The van der Waals surface area contributed by atoms with Crippen LogP contribution < -0.4 is 5.32 Å². The van der Waals surface area contributed by atoms with E-state index in [1.807, 2.05) is 0 Å². The van der Waals surface area contributed by atoms with Gasteiger partial charge in [0.1, 0.15) is 12.1 Å². The van der Waals surface area contributed by atoms with E-state index >= 15 is 0 Å². The summed E-state index contributed by atoms with van der Waals surface area (Å²) in [6, 6.07) is 0. The molecule has 2 aliphatic carbocycles. The highest BCUT2D eigenvalue weighted by Crippen LogP contribution is 2.48. The van der Waals surface area contributed by atoms with Crippen molar-refractivity contribution in [3.8, 4) is 0 Å². The first-order valence-electron chi connectivity index (χ1n) is 6.51. The lowest BCUT2D eigenvalue weighted by atomic mass is 9.76. The van der Waals surface area contributed by atoms with Crippen LogP contribution in [0.2, 0.25) is 0 Å². The molecule has 2 unspecified atom stereocenters. The Labute approximate surface area is 107 Å². The van der Waals surface area contributed by atoms with Crippen molar-refractivity contribution >= 4 is 17.9 Å². The van der Waals surface area contributed by atoms with E-state index in [2.05, 4.69) is 11.9 Å². The molecule has 0 spiro atoms. The van der Waals surface area contributed by atoms with Crippen molar-refractivity contribution in [3.63, 3.8) is 0 Å². The second kappa shape index (κ2) is 5.14. The average Bonchev–Trinajstić information content (AvgIpc) is 2.99. The Balaban J connectivity index is 0.000000202. The Morgan fingerprint density at radius 1 is 1.28 bits per heavy atom. The number of nitrogens with one attached hydrogen (secondary N) is 1. The van der Waals surface area contributed by atoms with Crippen molar-refractivity contribution < 1.29 is 14.4 Å². The molecule has 4 heteroatoms. The van der Waals surface area contributed by atoms with Gasteiger partial charge in [-0.2, -0.15) is 0 Å². The maximum absolute atomic E-state index is 11.6. The molecular weight excluding hydrogens is 230 g/mol. The first-order valence-corrected chi connectivity index (χ1v) is 6.51. The summed E-state index contributed by atoms with van der Waals surface area (Å²) in [6.07, 6.45) is 4.39. The van der Waals surface area contributed by atoms with Gasteiger partial charge in [0.25, 0.3) is 0 Å². The van der Waals surface area contributed by atoms with Gasteiger partial charge in [-0.05, 0) is 43.8 Å². The van der Waals surface area contributed by atoms with E-state index in [9.17, 15) is 14.4 Å². The first kappa shape index (κ1) is 13.1. The molecule has 3 aliphatic rings. The zero-order valence-electron chi connectivity index (χ0n) is 10.5. The van der Waals surface area contributed by atoms with Gasteiger partial charge in [0.05, 0.1) is 5.41 Å². The molecule has 0 amide bonds. The van der Waals surface area contributed by atoms with Crippen LogP contribution in [0.3, 0.4) is 0 Å². The largest absolute Gasteiger partial charge is 0.317 e. The van der Waals surface area contributed by atoms with Crippen molar-refractivity contribution in [2.45, 2.75) is 32.1 Å². The highest BCUT2D eigenvalue weighted by molar-refractivity contribution is 6.14. The van der Waals surface area contributed by atoms with E-state index < -0.39 is 5.41 Å². The maximum atomic E-state index is 11.6. The first-order chi connectivity index (χ1) is 8.59. The Kier molecular flexibility index (Phi) is 3.76. The van der Waals surface area contributed by atoms with E-state index in [1.54, 1.807) is 0 Å². The average molecular weight is 249 g/mol. The summed E-state index contributed by atoms with van der Waals surface area (Å²) >= 11 is 0. The smallest absolute Gasteiger partial charge is 0.172 e. The third kappa shape index (κ3) is 2.29. The van der Waals surface area contributed by atoms with E-state index in [0.29, 0.717) is 24.7 Å². The number of carbonyl (C=O) groups is 3. The Hall–Kier alpha value is -1.29. The predicted molar refractivity (Wildman–Crippen MR) is 67.1 cm³/mol. The number of allylic oxidation sites excluding steroid dienone is 1. The molecule has 3 fully saturated rings. The van der Waals surface area contributed by atoms with Crippen LogP contribution in [0.1, 0.15) is 32.1 Å². The Morgan fingerprint density at radius 2 is 1.94 bits per heavy atom. The topological polar surface area (TPSA) is 63.2 Å². The lowest BCUT2D eigenvalue weighted by Gasteiger charge is -2.23. The van der Waals surface area contributed by atoms with Gasteiger partial charge in [-0.3, -0.25) is 9.59 Å². The van der Waals surface area contributed by atoms with Crippen LogP contribution in [0.25, 0.3) is 0 Å². The van der Waals surface area contributed by atoms with Crippen molar-refractivity contribution in [1.29, 1.82) is 0 Å². The van der Waals surface area contributed by atoms with Gasteiger partial charge in [-0.25, -0.2) is 0 Å². The van der Waals surface area contributed by atoms with Crippen LogP contribution in [0.4, 0.5) is 0 Å². The number of hydrogen-bond acceptors (Lipinski definition) is 4. The summed E-state index contributed by atoms with van der Waals surface area (Å²) < 4.78 is 0. The quantitative estimate of drug-likeness (QED) is 0.428. The second-order valence-corrected chi connectivity index (χ2v) is 5.41. The number of fused-ring (bicyclic) bond motifs is 2. The molecule has 18 heavy (non-hydrogen) atoms. The molecular formula is C14H19NO3. The van der Waals surface area contributed by atoms with Gasteiger partial charge in [0, 0.05) is 12.8 Å². The predicted octanol–water partition coefficient (Wildman–Crippen LogP) is 1.05. The molecule has 1 N–H and O–H groups in total. The molecule has 0 radical (unpaired) electrons. The minimum Gasteiger partial charge on any atom is -0.317 e. The fourth-order valence-electron chi connectivity index (χ4n) is 2.98. The van der Waals surface area contributed by atoms with Crippen molar-refractivity contribution in [2.75, 3.05) is 13.1 Å². The normalized spacial score (nSPS) is 34.2. The summed E-state index contributed by atoms with van der Waals surface area (Å²) in [5.41, 5.74) is -0.560. The number of rotatable bonds is 1. The Bertz CT molecular complexity index is 390. The van der Waals surface area contributed by atoms with Crippen LogP contribution >= 0.6 is 0 Å². The minimum atomic E-state index is -1.03. The molecule has 4 nitrogen and oxygen atoms in total. The van der Waals surface area contributed by atoms with E-state index in [0.717, 1.165) is 0 Å². The lowest BCUT2D eigenvalue weighted by molar-refractivity contribution is -0.137. The van der Waals surface area contributed by atoms with Gasteiger partial charge in [0.15, 0.2) is 5.78 Å². The highest BCUT2D eigenvalue weighted by Gasteiger charge is 2.53. The SMILES string of the molecule is C1CCNC1.C=C1C(=O)C2(C=O)CC(=O)CC1C2. The van der Waals surface area contributed by atoms with Crippen LogP contribution in [0.5, 0.6) is 0 Å². The van der Waals surface area contributed by atoms with Gasteiger partial charge in [-0.15, -0.1) is 0 Å². The summed E-state index contributed by atoms with van der Waals surface area (Å²) in [6.45, 7) is 6.14. The van der Waals surface area contributed by atoms with Crippen LogP contribution in [0.15, 0.2) is 12.2 Å². The van der Waals surface area contributed by atoms with Gasteiger partial charge >= 0.3 is 0 Å². The molecule has 2 atom stereocenters. The fourth-order valence-corrected chi connectivity index (χ4v) is 2.98. The monoisotopic (exact) mass is 249 g/mol. The molecule has 98 valence electrons. The third-order valence-corrected chi connectivity index (χ3v) is 4.02. The van der Waals surface area contributed by atoms with Crippen LogP contribution in [0, 0.1) is 11.3 Å². The van der Waals surface area contributed by atoms with Gasteiger partial charge in [0.2, 0.25) is 0 Å².